The van der Waals surface area contributed by atoms with E-state index in [1.807, 2.05) is 0 Å². The first-order valence-corrected chi connectivity index (χ1v) is 23.2. The molecular formula is C62H54N2. The molecule has 2 nitrogen and oxygen atoms in total. The number of rotatable bonds is 8. The average molecular weight is 827 g/mol. The third kappa shape index (κ3) is 7.18. The van der Waals surface area contributed by atoms with Gasteiger partial charge in [-0.2, -0.15) is 0 Å². The van der Waals surface area contributed by atoms with Gasteiger partial charge >= 0.3 is 0 Å². The molecular weight excluding hydrogens is 773 g/mol. The third-order valence-corrected chi connectivity index (χ3v) is 13.8. The van der Waals surface area contributed by atoms with Gasteiger partial charge in [0, 0.05) is 33.3 Å². The van der Waals surface area contributed by atoms with E-state index in [9.17, 15) is 0 Å². The Bertz CT molecular complexity index is 3270. The molecule has 0 unspecified atom stereocenters. The van der Waals surface area contributed by atoms with E-state index in [2.05, 4.69) is 236 Å². The van der Waals surface area contributed by atoms with Crippen molar-refractivity contribution in [2.24, 2.45) is 0 Å². The molecule has 1 fully saturated rings. The fourth-order valence-corrected chi connectivity index (χ4v) is 10.5. The molecule has 1 aliphatic carbocycles. The molecule has 2 heteroatoms. The summed E-state index contributed by atoms with van der Waals surface area (Å²) < 4.78 is 2.39. The lowest BCUT2D eigenvalue weighted by atomic mass is 9.80. The Morgan fingerprint density at radius 1 is 0.453 bits per heavy atom. The minimum Gasteiger partial charge on any atom is -0.309 e. The summed E-state index contributed by atoms with van der Waals surface area (Å²) in [4.78, 5) is 2.52. The summed E-state index contributed by atoms with van der Waals surface area (Å²) in [6, 6.07) is 76.8. The van der Waals surface area contributed by atoms with Gasteiger partial charge in [-0.3, -0.25) is 0 Å². The van der Waals surface area contributed by atoms with Crippen molar-refractivity contribution in [3.8, 4) is 39.1 Å². The lowest BCUT2D eigenvalue weighted by molar-refractivity contribution is 0.445. The number of nitrogens with zero attached hydrogens (tertiary/aromatic N) is 2. The average Bonchev–Trinajstić information content (AvgIpc) is 3.68. The smallest absolute Gasteiger partial charge is 0.0541 e. The van der Waals surface area contributed by atoms with Crippen molar-refractivity contribution in [2.45, 2.75) is 64.2 Å². The van der Waals surface area contributed by atoms with E-state index in [4.69, 9.17) is 0 Å². The standard InChI is InChI=1S/C62H54N2/c1-62(2,3)48-36-40-59(55(42-48)45-21-9-5-10-22-45)64(57-31-15-13-27-52(57)54-30-18-24-46-23-17-29-51(61(46)54)44-19-7-4-8-20-44)50-37-33-43(34-38-50)47-35-39-60-56(41-47)53-28-14-16-32-58(53)63(60)49-25-11-6-12-26-49/h5-6,9-18,21-42,44H,4,7-8,19-20H2,1-3H3. The molecule has 0 aliphatic heterocycles. The molecule has 0 N–H and O–H groups in total. The van der Waals surface area contributed by atoms with E-state index in [0.717, 1.165) is 17.1 Å². The van der Waals surface area contributed by atoms with E-state index in [0.29, 0.717) is 5.92 Å². The Kier molecular flexibility index (Phi) is 10.2. The van der Waals surface area contributed by atoms with Crippen molar-refractivity contribution in [3.63, 3.8) is 0 Å². The summed E-state index contributed by atoms with van der Waals surface area (Å²) in [5.74, 6) is 0.582. The molecule has 64 heavy (non-hydrogen) atoms. The maximum absolute atomic E-state index is 2.52. The summed E-state index contributed by atoms with van der Waals surface area (Å²) >= 11 is 0. The maximum Gasteiger partial charge on any atom is 0.0541 e. The normalized spacial score (nSPS) is 13.5. The number of benzene rings is 9. The minimum absolute atomic E-state index is 0.0145. The molecule has 0 saturated heterocycles. The predicted octanol–water partition coefficient (Wildman–Crippen LogP) is 17.8. The van der Waals surface area contributed by atoms with Gasteiger partial charge in [-0.15, -0.1) is 0 Å². The van der Waals surface area contributed by atoms with Crippen LogP contribution in [0.25, 0.3) is 71.6 Å². The van der Waals surface area contributed by atoms with E-state index in [1.54, 1.807) is 0 Å². The number of hydrogen-bond acceptors (Lipinski definition) is 1. The molecule has 312 valence electrons. The van der Waals surface area contributed by atoms with Crippen LogP contribution in [-0.2, 0) is 5.41 Å². The van der Waals surface area contributed by atoms with Crippen LogP contribution in [-0.4, -0.2) is 4.57 Å². The van der Waals surface area contributed by atoms with Crippen molar-refractivity contribution in [3.05, 3.63) is 217 Å². The predicted molar refractivity (Wildman–Crippen MR) is 274 cm³/mol. The molecule has 0 radical (unpaired) electrons. The van der Waals surface area contributed by atoms with Crippen molar-refractivity contribution in [1.29, 1.82) is 0 Å². The Balaban J connectivity index is 1.10. The zero-order valence-electron chi connectivity index (χ0n) is 37.1. The summed E-state index contributed by atoms with van der Waals surface area (Å²) in [7, 11) is 0. The first kappa shape index (κ1) is 39.7. The highest BCUT2D eigenvalue weighted by atomic mass is 15.1. The summed E-state index contributed by atoms with van der Waals surface area (Å²) in [5, 5.41) is 5.23. The van der Waals surface area contributed by atoms with Crippen LogP contribution < -0.4 is 4.90 Å². The van der Waals surface area contributed by atoms with E-state index in [1.165, 1.54) is 115 Å². The van der Waals surface area contributed by atoms with Crippen LogP contribution in [0.5, 0.6) is 0 Å². The van der Waals surface area contributed by atoms with Crippen LogP contribution in [0.1, 0.15) is 69.9 Å². The molecule has 9 aromatic carbocycles. The van der Waals surface area contributed by atoms with Crippen molar-refractivity contribution < 1.29 is 0 Å². The largest absolute Gasteiger partial charge is 0.309 e. The van der Waals surface area contributed by atoms with Crippen LogP contribution in [0.2, 0.25) is 0 Å². The molecule has 10 aromatic rings. The van der Waals surface area contributed by atoms with Crippen LogP contribution in [0.3, 0.4) is 0 Å². The number of anilines is 3. The zero-order chi connectivity index (χ0) is 43.2. The summed E-state index contributed by atoms with van der Waals surface area (Å²) in [5.41, 5.74) is 17.2. The number of hydrogen-bond donors (Lipinski definition) is 0. The SMILES string of the molecule is CC(C)(C)c1ccc(N(c2ccc(-c3ccc4c(c3)c3ccccc3n4-c3ccccc3)cc2)c2ccccc2-c2cccc3cccc(C4CCCCC4)c23)c(-c2ccccc2)c1. The second-order valence-electron chi connectivity index (χ2n) is 18.8. The van der Waals surface area contributed by atoms with Crippen LogP contribution in [0.4, 0.5) is 17.1 Å². The number of aromatic nitrogens is 1. The molecule has 1 heterocycles. The minimum atomic E-state index is -0.0145. The van der Waals surface area contributed by atoms with Gasteiger partial charge in [-0.1, -0.05) is 186 Å². The van der Waals surface area contributed by atoms with Crippen LogP contribution in [0.15, 0.2) is 206 Å². The molecule has 11 rings (SSSR count). The van der Waals surface area contributed by atoms with Crippen molar-refractivity contribution >= 4 is 49.6 Å². The van der Waals surface area contributed by atoms with Gasteiger partial charge in [0.05, 0.1) is 22.4 Å². The van der Waals surface area contributed by atoms with Gasteiger partial charge in [-0.25, -0.2) is 0 Å². The van der Waals surface area contributed by atoms with Gasteiger partial charge < -0.3 is 9.47 Å². The molecule has 0 amide bonds. The van der Waals surface area contributed by atoms with Crippen LogP contribution in [0, 0.1) is 0 Å². The molecule has 1 saturated carbocycles. The monoisotopic (exact) mass is 826 g/mol. The zero-order valence-corrected chi connectivity index (χ0v) is 37.1. The first-order valence-electron chi connectivity index (χ1n) is 23.2. The number of fused-ring (bicyclic) bond motifs is 4. The fraction of sp³-hybridized carbons (Fsp3) is 0.161. The molecule has 1 aromatic heterocycles. The topological polar surface area (TPSA) is 8.17 Å². The van der Waals surface area contributed by atoms with Gasteiger partial charge in [0.25, 0.3) is 0 Å². The van der Waals surface area contributed by atoms with E-state index < -0.39 is 0 Å². The Hall–Kier alpha value is -7.16. The maximum atomic E-state index is 2.52. The Labute approximate surface area is 378 Å². The van der Waals surface area contributed by atoms with Crippen molar-refractivity contribution in [2.75, 3.05) is 4.90 Å². The first-order chi connectivity index (χ1) is 31.4. The van der Waals surface area contributed by atoms with Gasteiger partial charge in [0.15, 0.2) is 0 Å². The summed E-state index contributed by atoms with van der Waals surface area (Å²) in [6.07, 6.45) is 6.48. The van der Waals surface area contributed by atoms with Gasteiger partial charge in [0.2, 0.25) is 0 Å². The van der Waals surface area contributed by atoms with Gasteiger partial charge in [0.1, 0.15) is 0 Å². The second kappa shape index (κ2) is 16.5. The molecule has 0 atom stereocenters. The molecule has 0 bridgehead atoms. The lowest BCUT2D eigenvalue weighted by Crippen LogP contribution is -2.15. The molecule has 1 aliphatic rings. The fourth-order valence-electron chi connectivity index (χ4n) is 10.5. The quantitative estimate of drug-likeness (QED) is 0.148. The van der Waals surface area contributed by atoms with Gasteiger partial charge in [-0.05, 0) is 129 Å². The third-order valence-electron chi connectivity index (χ3n) is 13.8. The Morgan fingerprint density at radius 3 is 1.88 bits per heavy atom. The highest BCUT2D eigenvalue weighted by molar-refractivity contribution is 6.10. The summed E-state index contributed by atoms with van der Waals surface area (Å²) in [6.45, 7) is 6.93. The Morgan fingerprint density at radius 2 is 1.09 bits per heavy atom. The van der Waals surface area contributed by atoms with E-state index >= 15 is 0 Å². The van der Waals surface area contributed by atoms with Crippen molar-refractivity contribution in [1.82, 2.24) is 4.57 Å². The highest BCUT2D eigenvalue weighted by Crippen LogP contribution is 2.49. The second-order valence-corrected chi connectivity index (χ2v) is 18.8. The van der Waals surface area contributed by atoms with E-state index in [-0.39, 0.29) is 5.41 Å². The highest BCUT2D eigenvalue weighted by Gasteiger charge is 2.26. The van der Waals surface area contributed by atoms with Crippen LogP contribution >= 0.6 is 0 Å². The number of para-hydroxylation sites is 3. The molecule has 0 spiro atoms. The lowest BCUT2D eigenvalue weighted by Gasteiger charge is -2.32.